The third kappa shape index (κ3) is 9.04. The molecule has 0 N–H and O–H groups in total. The fourth-order valence-electron chi connectivity index (χ4n) is 10.7. The highest BCUT2D eigenvalue weighted by Gasteiger charge is 2.36. The van der Waals surface area contributed by atoms with Crippen molar-refractivity contribution in [3.63, 3.8) is 0 Å². The third-order valence-electron chi connectivity index (χ3n) is 14.5. The first kappa shape index (κ1) is 45.8. The zero-order valence-electron chi connectivity index (χ0n) is 41.0. The van der Waals surface area contributed by atoms with Crippen LogP contribution in [0.2, 0.25) is 0 Å². The average molecular weight is 929 g/mol. The smallest absolute Gasteiger partial charge is 0.160 e. The van der Waals surface area contributed by atoms with Gasteiger partial charge >= 0.3 is 0 Å². The first-order valence-electron chi connectivity index (χ1n) is 25.2. The van der Waals surface area contributed by atoms with E-state index in [-0.39, 0.29) is 5.41 Å². The number of aromatic nitrogens is 4. The molecule has 1 aliphatic rings. The Balaban J connectivity index is 0.969. The van der Waals surface area contributed by atoms with Crippen LogP contribution in [0.1, 0.15) is 79.3 Å². The van der Waals surface area contributed by atoms with Gasteiger partial charge in [0, 0.05) is 38.8 Å². The highest BCUT2D eigenvalue weighted by Crippen LogP contribution is 2.46. The molecule has 1 saturated carbocycles. The molecule has 0 unspecified atom stereocenters. The van der Waals surface area contributed by atoms with Gasteiger partial charge in [-0.05, 0) is 118 Å². The summed E-state index contributed by atoms with van der Waals surface area (Å²) in [5.41, 5.74) is 16.6. The lowest BCUT2D eigenvalue weighted by atomic mass is 9.65. The van der Waals surface area contributed by atoms with Crippen molar-refractivity contribution in [3.05, 3.63) is 241 Å². The lowest BCUT2D eigenvalue weighted by molar-refractivity contribution is 0.346. The summed E-state index contributed by atoms with van der Waals surface area (Å²) >= 11 is 0. The Bertz CT molecular complexity index is 3480. The van der Waals surface area contributed by atoms with E-state index in [1.54, 1.807) is 0 Å². The van der Waals surface area contributed by atoms with Crippen LogP contribution in [0.25, 0.3) is 114 Å². The number of fused-ring (bicyclic) bond motifs is 2. The maximum Gasteiger partial charge on any atom is 0.160 e. The summed E-state index contributed by atoms with van der Waals surface area (Å²) in [7, 11) is 0. The van der Waals surface area contributed by atoms with Gasteiger partial charge in [0.2, 0.25) is 0 Å². The summed E-state index contributed by atoms with van der Waals surface area (Å²) in [5, 5.41) is 4.73. The molecule has 8 aromatic carbocycles. The molecule has 0 saturated heterocycles. The zero-order chi connectivity index (χ0) is 49.0. The minimum atomic E-state index is -0.123. The zero-order valence-corrected chi connectivity index (χ0v) is 41.0. The summed E-state index contributed by atoms with van der Waals surface area (Å²) < 4.78 is 0. The number of hydrogen-bond donors (Lipinski definition) is 0. The van der Waals surface area contributed by atoms with Crippen LogP contribution in [-0.4, -0.2) is 19.9 Å². The predicted molar refractivity (Wildman–Crippen MR) is 305 cm³/mol. The van der Waals surface area contributed by atoms with Crippen molar-refractivity contribution in [1.82, 2.24) is 19.9 Å². The second-order valence-corrected chi connectivity index (χ2v) is 18.9. The van der Waals surface area contributed by atoms with Gasteiger partial charge in [-0.1, -0.05) is 214 Å². The molecule has 0 bridgehead atoms. The van der Waals surface area contributed by atoms with E-state index in [0.29, 0.717) is 11.6 Å². The molecular weight excluding hydrogens is 873 g/mol. The molecule has 0 aliphatic heterocycles. The van der Waals surface area contributed by atoms with Gasteiger partial charge in [0.05, 0.1) is 22.8 Å². The lowest BCUT2D eigenvalue weighted by Gasteiger charge is -2.39. The van der Waals surface area contributed by atoms with E-state index in [4.69, 9.17) is 19.9 Å². The van der Waals surface area contributed by atoms with E-state index in [1.165, 1.54) is 46.5 Å². The van der Waals surface area contributed by atoms with Gasteiger partial charge in [-0.3, -0.25) is 0 Å². The van der Waals surface area contributed by atoms with Crippen molar-refractivity contribution in [3.8, 4) is 67.8 Å². The van der Waals surface area contributed by atoms with Crippen molar-refractivity contribution in [2.24, 2.45) is 0 Å². The molecule has 2 aromatic heterocycles. The van der Waals surface area contributed by atoms with Crippen LogP contribution in [-0.2, 0) is 5.41 Å². The van der Waals surface area contributed by atoms with Crippen molar-refractivity contribution in [2.75, 3.05) is 0 Å². The minimum Gasteiger partial charge on any atom is -0.228 e. The molecule has 10 aromatic rings. The quantitative estimate of drug-likeness (QED) is 0.122. The second-order valence-electron chi connectivity index (χ2n) is 18.9. The summed E-state index contributed by atoms with van der Waals surface area (Å²) in [4.78, 5) is 21.0. The molecule has 72 heavy (non-hydrogen) atoms. The van der Waals surface area contributed by atoms with Crippen LogP contribution < -0.4 is 0 Å². The highest BCUT2D eigenvalue weighted by atomic mass is 14.9. The molecule has 4 nitrogen and oxygen atoms in total. The van der Waals surface area contributed by atoms with Gasteiger partial charge in [0.25, 0.3) is 0 Å². The topological polar surface area (TPSA) is 51.6 Å². The van der Waals surface area contributed by atoms with Crippen LogP contribution >= 0.6 is 0 Å². The predicted octanol–water partition coefficient (Wildman–Crippen LogP) is 18.2. The number of allylic oxidation sites excluding steroid dienone is 2. The minimum absolute atomic E-state index is 0.123. The van der Waals surface area contributed by atoms with Crippen LogP contribution in [0.3, 0.4) is 0 Å². The van der Waals surface area contributed by atoms with Crippen molar-refractivity contribution >= 4 is 45.8 Å². The number of hydrogen-bond acceptors (Lipinski definition) is 4. The Morgan fingerprint density at radius 1 is 0.361 bits per heavy atom. The van der Waals surface area contributed by atoms with E-state index >= 15 is 0 Å². The first-order chi connectivity index (χ1) is 35.4. The maximum atomic E-state index is 5.28. The van der Waals surface area contributed by atoms with Gasteiger partial charge in [-0.2, -0.15) is 0 Å². The van der Waals surface area contributed by atoms with E-state index < -0.39 is 0 Å². The van der Waals surface area contributed by atoms with E-state index in [2.05, 4.69) is 219 Å². The van der Waals surface area contributed by atoms with E-state index in [1.807, 2.05) is 26.0 Å². The largest absolute Gasteiger partial charge is 0.228 e. The third-order valence-corrected chi connectivity index (χ3v) is 14.5. The average Bonchev–Trinajstić information content (AvgIpc) is 3.45. The van der Waals surface area contributed by atoms with Gasteiger partial charge in [-0.15, -0.1) is 0 Å². The molecular formula is C68H56N4. The Labute approximate surface area is 423 Å². The number of rotatable bonds is 12. The molecule has 2 heterocycles. The van der Waals surface area contributed by atoms with Crippen LogP contribution in [0, 0.1) is 0 Å². The first-order valence-corrected chi connectivity index (χ1v) is 25.2. The molecule has 0 amide bonds. The van der Waals surface area contributed by atoms with Crippen LogP contribution in [0.15, 0.2) is 207 Å². The Kier molecular flexibility index (Phi) is 12.7. The molecule has 0 radical (unpaired) electrons. The van der Waals surface area contributed by atoms with Crippen molar-refractivity contribution in [2.45, 2.75) is 51.4 Å². The molecule has 1 aliphatic carbocycles. The Morgan fingerprint density at radius 2 is 0.736 bits per heavy atom. The normalized spacial score (nSPS) is 13.5. The van der Waals surface area contributed by atoms with Crippen LogP contribution in [0.4, 0.5) is 0 Å². The van der Waals surface area contributed by atoms with E-state index in [0.717, 1.165) is 96.6 Å². The number of benzene rings is 8. The lowest BCUT2D eigenvalue weighted by Crippen LogP contribution is -2.30. The van der Waals surface area contributed by atoms with Gasteiger partial charge in [0.1, 0.15) is 0 Å². The molecule has 0 atom stereocenters. The molecule has 348 valence electrons. The van der Waals surface area contributed by atoms with Gasteiger partial charge in [0.15, 0.2) is 11.6 Å². The Hall–Kier alpha value is -8.60. The van der Waals surface area contributed by atoms with Crippen LogP contribution in [0.5, 0.6) is 0 Å². The molecule has 1 fully saturated rings. The maximum absolute atomic E-state index is 5.28. The monoisotopic (exact) mass is 928 g/mol. The Morgan fingerprint density at radius 3 is 1.22 bits per heavy atom. The van der Waals surface area contributed by atoms with Crippen molar-refractivity contribution in [1.29, 1.82) is 0 Å². The standard InChI is InChI=1S/C68H56N4/c1-5-16-52-40-56(26-22-46(52)7-3)64-44-62(70-67(71-64)59-29-25-49-19-11-13-21-55(49)43-59)50-30-34-60(35-31-50)68(38-14-9-15-39-68)61-36-32-51(33-37-61)63-45-65(57-27-24-48-18-10-12-20-54(48)41-57)72-66(69-63)58-28-23-47(8-4)53(42-58)17-6-2/h5-8,10-13,16-37,40-45H,3-4,9,14-15,38-39H2,1-2H3/b16-5-,17-6-. The van der Waals surface area contributed by atoms with E-state index in [9.17, 15) is 0 Å². The highest BCUT2D eigenvalue weighted by molar-refractivity contribution is 5.89. The summed E-state index contributed by atoms with van der Waals surface area (Å²) in [6.07, 6.45) is 17.9. The van der Waals surface area contributed by atoms with Gasteiger partial charge < -0.3 is 0 Å². The summed E-state index contributed by atoms with van der Waals surface area (Å²) in [6.45, 7) is 12.2. The fourth-order valence-corrected chi connectivity index (χ4v) is 10.7. The summed E-state index contributed by atoms with van der Waals surface area (Å²) in [6, 6.07) is 65.6. The second kappa shape index (κ2) is 20.0. The molecule has 11 rings (SSSR count). The number of nitrogens with zero attached hydrogens (tertiary/aromatic N) is 4. The molecule has 4 heteroatoms. The molecule has 0 spiro atoms. The fraction of sp³-hybridized carbons (Fsp3) is 0.118. The van der Waals surface area contributed by atoms with Gasteiger partial charge in [-0.25, -0.2) is 19.9 Å². The summed E-state index contributed by atoms with van der Waals surface area (Å²) in [5.74, 6) is 1.39. The SMILES string of the molecule is C=Cc1ccc(-c2cc(-c3ccc(C4(c5ccc(-c6cc(-c7ccc8ccccc8c7)nc(-c7ccc(C=C)c(/C=C\C)c7)n6)cc5)CCCCC4)cc3)nc(-c3ccc4ccccc4c3)n2)cc1/C=C\C. The van der Waals surface area contributed by atoms with Crippen molar-refractivity contribution < 1.29 is 0 Å².